The molecule has 1 aromatic rings. The zero-order valence-electron chi connectivity index (χ0n) is 16.3. The van der Waals surface area contributed by atoms with Crippen LogP contribution in [0.25, 0.3) is 0 Å². The van der Waals surface area contributed by atoms with Crippen LogP contribution in [-0.4, -0.2) is 30.4 Å². The molecule has 0 aliphatic carbocycles. The van der Waals surface area contributed by atoms with Crippen molar-refractivity contribution in [2.45, 2.75) is 66.2 Å². The Morgan fingerprint density at radius 2 is 1.56 bits per heavy atom. The molecule has 0 saturated carbocycles. The van der Waals surface area contributed by atoms with Crippen molar-refractivity contribution < 1.29 is 23.0 Å². The molecule has 2 N–H and O–H groups in total. The second-order valence-corrected chi connectivity index (χ2v) is 4.82. The summed E-state index contributed by atoms with van der Waals surface area (Å²) in [7, 11) is 0. The zero-order chi connectivity index (χ0) is 19.9. The van der Waals surface area contributed by atoms with E-state index in [-0.39, 0.29) is 6.61 Å². The van der Waals surface area contributed by atoms with Crippen LogP contribution in [0, 0.1) is 0 Å². The number of hydrogen-bond acceptors (Lipinski definition) is 3. The van der Waals surface area contributed by atoms with Crippen molar-refractivity contribution in [1.82, 2.24) is 5.32 Å². The van der Waals surface area contributed by atoms with Gasteiger partial charge in [0.1, 0.15) is 18.0 Å². The van der Waals surface area contributed by atoms with Gasteiger partial charge in [-0.15, -0.1) is 0 Å². The summed E-state index contributed by atoms with van der Waals surface area (Å²) in [5.74, 6) is 0.326. The topological polar surface area (TPSA) is 41.5 Å². The predicted molar refractivity (Wildman–Crippen MR) is 98.0 cm³/mol. The molecule has 0 spiro atoms. The Balaban J connectivity index is 0. The molecule has 2 rings (SSSR count). The summed E-state index contributed by atoms with van der Waals surface area (Å²) in [5.41, 5.74) is -1.65. The van der Waals surface area contributed by atoms with E-state index < -0.39 is 17.3 Å². The second kappa shape index (κ2) is 14.0. The minimum absolute atomic E-state index is 0.0748. The molecule has 0 aromatic heterocycles. The Bertz CT molecular complexity index is 414. The SMILES string of the molecule is CC.CC.CC.OC1(COc2ccc(C(F)(F)F)cc2)CCCNC1. The standard InChI is InChI=1S/C13H16F3NO2.3C2H6/c14-13(15,16)10-2-4-11(5-3-10)19-9-12(18)6-1-7-17-8-12;3*1-2/h2-5,17-18H,1,6-9H2;3*1-2H3. The van der Waals surface area contributed by atoms with Crippen molar-refractivity contribution in [1.29, 1.82) is 0 Å². The summed E-state index contributed by atoms with van der Waals surface area (Å²) in [5, 5.41) is 13.2. The number of halogens is 3. The van der Waals surface area contributed by atoms with Crippen molar-refractivity contribution in [3.05, 3.63) is 29.8 Å². The number of aliphatic hydroxyl groups is 1. The van der Waals surface area contributed by atoms with Gasteiger partial charge in [0.05, 0.1) is 5.56 Å². The van der Waals surface area contributed by atoms with Gasteiger partial charge in [0.15, 0.2) is 0 Å². The van der Waals surface area contributed by atoms with Gasteiger partial charge in [-0.05, 0) is 43.7 Å². The number of rotatable bonds is 3. The lowest BCUT2D eigenvalue weighted by Gasteiger charge is -2.32. The minimum Gasteiger partial charge on any atom is -0.491 e. The van der Waals surface area contributed by atoms with Gasteiger partial charge in [0.2, 0.25) is 0 Å². The van der Waals surface area contributed by atoms with E-state index in [2.05, 4.69) is 5.32 Å². The van der Waals surface area contributed by atoms with E-state index >= 15 is 0 Å². The van der Waals surface area contributed by atoms with Crippen LogP contribution in [0.5, 0.6) is 5.75 Å². The first-order valence-corrected chi connectivity index (χ1v) is 9.12. The first-order chi connectivity index (χ1) is 11.9. The highest BCUT2D eigenvalue weighted by atomic mass is 19.4. The van der Waals surface area contributed by atoms with Crippen molar-refractivity contribution in [3.8, 4) is 5.75 Å². The maximum absolute atomic E-state index is 12.4. The third-order valence-electron chi connectivity index (χ3n) is 3.14. The number of benzene rings is 1. The van der Waals surface area contributed by atoms with Crippen LogP contribution in [-0.2, 0) is 6.18 Å². The highest BCUT2D eigenvalue weighted by Crippen LogP contribution is 2.30. The van der Waals surface area contributed by atoms with Crippen molar-refractivity contribution in [3.63, 3.8) is 0 Å². The lowest BCUT2D eigenvalue weighted by Crippen LogP contribution is -2.49. The Hall–Kier alpha value is -1.27. The molecular weight excluding hydrogens is 331 g/mol. The van der Waals surface area contributed by atoms with Crippen LogP contribution < -0.4 is 10.1 Å². The molecule has 1 atom stereocenters. The van der Waals surface area contributed by atoms with Crippen molar-refractivity contribution >= 4 is 0 Å². The molecule has 3 nitrogen and oxygen atoms in total. The summed E-state index contributed by atoms with van der Waals surface area (Å²) in [6.07, 6.45) is -2.86. The number of β-amino-alcohol motifs (C(OH)–C–C–N with tert-alkyl or cyclic N) is 1. The van der Waals surface area contributed by atoms with Gasteiger partial charge in [-0.3, -0.25) is 0 Å². The molecule has 1 aromatic carbocycles. The van der Waals surface area contributed by atoms with Crippen LogP contribution in [0.15, 0.2) is 24.3 Å². The molecule has 1 aliphatic rings. The van der Waals surface area contributed by atoms with E-state index in [9.17, 15) is 18.3 Å². The summed E-state index contributed by atoms with van der Waals surface area (Å²) in [6, 6.07) is 4.47. The summed E-state index contributed by atoms with van der Waals surface area (Å²) in [4.78, 5) is 0. The third-order valence-corrected chi connectivity index (χ3v) is 3.14. The van der Waals surface area contributed by atoms with Crippen LogP contribution >= 0.6 is 0 Å². The Labute approximate surface area is 150 Å². The van der Waals surface area contributed by atoms with E-state index in [0.29, 0.717) is 18.7 Å². The molecule has 1 fully saturated rings. The maximum atomic E-state index is 12.4. The van der Waals surface area contributed by atoms with Gasteiger partial charge in [0, 0.05) is 6.54 Å². The largest absolute Gasteiger partial charge is 0.491 e. The van der Waals surface area contributed by atoms with Crippen LogP contribution in [0.4, 0.5) is 13.2 Å². The van der Waals surface area contributed by atoms with Gasteiger partial charge in [-0.1, -0.05) is 41.5 Å². The molecule has 0 bridgehead atoms. The van der Waals surface area contributed by atoms with E-state index in [1.54, 1.807) is 0 Å². The first kappa shape index (κ1) is 26.0. The Kier molecular flexibility index (Phi) is 14.5. The molecule has 0 amide bonds. The van der Waals surface area contributed by atoms with Gasteiger partial charge >= 0.3 is 6.18 Å². The van der Waals surface area contributed by atoms with Gasteiger partial charge in [-0.25, -0.2) is 0 Å². The van der Waals surface area contributed by atoms with E-state index in [1.807, 2.05) is 41.5 Å². The Morgan fingerprint density at radius 3 is 1.96 bits per heavy atom. The smallest absolute Gasteiger partial charge is 0.416 e. The number of piperidine rings is 1. The number of alkyl halides is 3. The quantitative estimate of drug-likeness (QED) is 0.766. The molecule has 6 heteroatoms. The first-order valence-electron chi connectivity index (χ1n) is 9.12. The highest BCUT2D eigenvalue weighted by Gasteiger charge is 2.31. The Morgan fingerprint density at radius 1 is 1.04 bits per heavy atom. The molecule has 1 unspecified atom stereocenters. The molecule has 1 heterocycles. The third kappa shape index (κ3) is 10.3. The highest BCUT2D eigenvalue weighted by molar-refractivity contribution is 5.28. The molecule has 25 heavy (non-hydrogen) atoms. The molecule has 0 radical (unpaired) electrons. The van der Waals surface area contributed by atoms with Crippen molar-refractivity contribution in [2.24, 2.45) is 0 Å². The fourth-order valence-corrected chi connectivity index (χ4v) is 2.03. The molecule has 1 saturated heterocycles. The van der Waals surface area contributed by atoms with Gasteiger partial charge < -0.3 is 15.2 Å². The number of nitrogens with one attached hydrogen (secondary N) is 1. The molecule has 148 valence electrons. The molecule has 1 aliphatic heterocycles. The fourth-order valence-electron chi connectivity index (χ4n) is 2.03. The number of ether oxygens (including phenoxy) is 1. The van der Waals surface area contributed by atoms with E-state index in [1.165, 1.54) is 12.1 Å². The second-order valence-electron chi connectivity index (χ2n) is 4.82. The van der Waals surface area contributed by atoms with Gasteiger partial charge in [0.25, 0.3) is 0 Å². The summed E-state index contributed by atoms with van der Waals surface area (Å²) >= 11 is 0. The monoisotopic (exact) mass is 365 g/mol. The van der Waals surface area contributed by atoms with Crippen LogP contribution in [0.3, 0.4) is 0 Å². The van der Waals surface area contributed by atoms with E-state index in [0.717, 1.165) is 25.1 Å². The summed E-state index contributed by atoms with van der Waals surface area (Å²) < 4.78 is 42.5. The average Bonchev–Trinajstić information content (AvgIpc) is 2.65. The minimum atomic E-state index is -4.34. The lowest BCUT2D eigenvalue weighted by atomic mass is 9.95. The van der Waals surface area contributed by atoms with Gasteiger partial charge in [-0.2, -0.15) is 13.2 Å². The molecular formula is C19H34F3NO2. The summed E-state index contributed by atoms with van der Waals surface area (Å²) in [6.45, 7) is 13.4. The maximum Gasteiger partial charge on any atom is 0.416 e. The average molecular weight is 365 g/mol. The zero-order valence-corrected chi connectivity index (χ0v) is 16.3. The van der Waals surface area contributed by atoms with E-state index in [4.69, 9.17) is 4.74 Å². The fraction of sp³-hybridized carbons (Fsp3) is 0.684. The number of hydrogen-bond donors (Lipinski definition) is 2. The van der Waals surface area contributed by atoms with Crippen LogP contribution in [0.2, 0.25) is 0 Å². The lowest BCUT2D eigenvalue weighted by molar-refractivity contribution is -0.137. The van der Waals surface area contributed by atoms with Crippen LogP contribution in [0.1, 0.15) is 59.9 Å². The van der Waals surface area contributed by atoms with Crippen molar-refractivity contribution in [2.75, 3.05) is 19.7 Å². The normalized spacial score (nSPS) is 19.1. The predicted octanol–water partition coefficient (Wildman–Crippen LogP) is 5.28.